The number of likely N-dealkylation sites (tertiary alicyclic amines) is 1. The van der Waals surface area contributed by atoms with Gasteiger partial charge in [0.15, 0.2) is 17.3 Å². The predicted molar refractivity (Wildman–Crippen MR) is 213 cm³/mol. The number of rotatable bonds is 14. The smallest absolute Gasteiger partial charge is 0.167 e. The van der Waals surface area contributed by atoms with E-state index in [1.54, 1.807) is 34.3 Å². The number of anilines is 1. The Balaban J connectivity index is 1.05. The molecule has 0 radical (unpaired) electrons. The number of aromatic nitrogens is 1. The molecule has 1 aromatic heterocycles. The molecular weight excluding hydrogens is 661 g/mol. The lowest BCUT2D eigenvalue weighted by Crippen LogP contribution is -2.45. The number of ether oxygens (including phenoxy) is 3. The maximum absolute atomic E-state index is 12.6. The summed E-state index contributed by atoms with van der Waals surface area (Å²) in [4.78, 5) is 22.4. The van der Waals surface area contributed by atoms with E-state index in [1.807, 2.05) is 24.5 Å². The second kappa shape index (κ2) is 16.1. The van der Waals surface area contributed by atoms with Crippen molar-refractivity contribution in [2.24, 2.45) is 0 Å². The van der Waals surface area contributed by atoms with Gasteiger partial charge < -0.3 is 24.4 Å². The summed E-state index contributed by atoms with van der Waals surface area (Å²) < 4.78 is 17.0. The quantitative estimate of drug-likeness (QED) is 0.130. The Kier molecular flexibility index (Phi) is 11.0. The molecule has 3 heterocycles. The Labute approximate surface area is 313 Å². The van der Waals surface area contributed by atoms with Gasteiger partial charge in [0.25, 0.3) is 0 Å². The van der Waals surface area contributed by atoms with Crippen molar-refractivity contribution in [1.82, 2.24) is 15.2 Å². The molecule has 1 saturated heterocycles. The monoisotopic (exact) mass is 710 g/mol. The average Bonchev–Trinajstić information content (AvgIpc) is 4.06. The molecule has 53 heavy (non-hydrogen) atoms. The van der Waals surface area contributed by atoms with Gasteiger partial charge in [-0.3, -0.25) is 14.7 Å². The maximum atomic E-state index is 12.6. The number of ketones is 1. The molecule has 1 unspecified atom stereocenters. The Bertz CT molecular complexity index is 2010. The number of nitrogens with zero attached hydrogens (tertiary/aromatic N) is 3. The molecule has 4 aromatic rings. The molecule has 8 heteroatoms. The van der Waals surface area contributed by atoms with Gasteiger partial charge in [0.05, 0.1) is 32.9 Å². The van der Waals surface area contributed by atoms with Crippen LogP contribution in [-0.4, -0.2) is 62.7 Å². The molecule has 1 saturated carbocycles. The number of nitrogens with one attached hydrogen (secondary N) is 1. The van der Waals surface area contributed by atoms with Gasteiger partial charge in [-0.1, -0.05) is 43.0 Å². The molecule has 3 aliphatic rings. The van der Waals surface area contributed by atoms with Gasteiger partial charge in [-0.2, -0.15) is 0 Å². The van der Waals surface area contributed by atoms with E-state index in [0.717, 1.165) is 90.8 Å². The lowest BCUT2D eigenvalue weighted by molar-refractivity contribution is 0.101. The number of para-hydroxylation sites is 1. The van der Waals surface area contributed by atoms with Crippen LogP contribution in [0.5, 0.6) is 17.2 Å². The Morgan fingerprint density at radius 2 is 1.72 bits per heavy atom. The summed E-state index contributed by atoms with van der Waals surface area (Å²) in [5, 5.41) is 3.54. The standard InChI is InChI=1S/C45H50N4O4/c1-6-33-22-35(24-43(52-4)45(33)53-5)37-20-32(26-46-27-37)29-49(38-10-8-7-9-11-38)39-15-18-48(19-16-39)28-31-14-17-47-41(21-31)36-23-40(34-12-13-34)44(30(2)50)42(25-36)51-3/h6-11,14,17,20-27,34,39,41,47H,1,12-13,15-16,18-19,28-29H2,2-5H3. The first-order valence-corrected chi connectivity index (χ1v) is 18.6. The predicted octanol–water partition coefficient (Wildman–Crippen LogP) is 8.75. The van der Waals surface area contributed by atoms with E-state index in [2.05, 4.69) is 93.6 Å². The number of piperidine rings is 1. The summed E-state index contributed by atoms with van der Waals surface area (Å²) in [6.07, 6.45) is 16.6. The molecule has 8 nitrogen and oxygen atoms in total. The van der Waals surface area contributed by atoms with Gasteiger partial charge in [0, 0.05) is 61.4 Å². The van der Waals surface area contributed by atoms with Crippen LogP contribution in [0, 0.1) is 0 Å². The van der Waals surface area contributed by atoms with Crippen molar-refractivity contribution in [2.75, 3.05) is 45.9 Å². The van der Waals surface area contributed by atoms with Gasteiger partial charge >= 0.3 is 0 Å². The number of dihydropyridines is 1. The van der Waals surface area contributed by atoms with Crippen LogP contribution in [0.1, 0.15) is 77.2 Å². The lowest BCUT2D eigenvalue weighted by atomic mass is 9.92. The van der Waals surface area contributed by atoms with Gasteiger partial charge in [-0.15, -0.1) is 0 Å². The largest absolute Gasteiger partial charge is 0.496 e. The molecule has 0 bridgehead atoms. The van der Waals surface area contributed by atoms with E-state index < -0.39 is 0 Å². The van der Waals surface area contributed by atoms with E-state index in [1.165, 1.54) is 11.3 Å². The molecule has 7 rings (SSSR count). The SMILES string of the molecule is C=Cc1cc(-c2cncc(CN(c3ccccc3)C3CCN(CC4=CC(c5cc(OC)c(C(C)=O)c(C6CC6)c5)NC=C4)CC3)c2)cc(OC)c1OC. The number of pyridine rings is 1. The average molecular weight is 711 g/mol. The summed E-state index contributed by atoms with van der Waals surface area (Å²) in [5.41, 5.74) is 9.59. The molecule has 2 aliphatic heterocycles. The van der Waals surface area contributed by atoms with Gasteiger partial charge in [-0.05, 0) is 115 Å². The Morgan fingerprint density at radius 3 is 2.40 bits per heavy atom. The molecule has 1 aliphatic carbocycles. The van der Waals surface area contributed by atoms with Crippen molar-refractivity contribution in [2.45, 2.75) is 57.2 Å². The Hall–Kier alpha value is -5.34. The molecule has 1 N–H and O–H groups in total. The number of benzene rings is 3. The zero-order chi connectivity index (χ0) is 36.9. The van der Waals surface area contributed by atoms with Gasteiger partial charge in [-0.25, -0.2) is 0 Å². The van der Waals surface area contributed by atoms with Crippen molar-refractivity contribution in [3.05, 3.63) is 131 Å². The first-order chi connectivity index (χ1) is 25.9. The zero-order valence-corrected chi connectivity index (χ0v) is 31.3. The van der Waals surface area contributed by atoms with E-state index in [9.17, 15) is 4.79 Å². The van der Waals surface area contributed by atoms with Crippen LogP contribution in [0.25, 0.3) is 17.2 Å². The number of methoxy groups -OCH3 is 3. The van der Waals surface area contributed by atoms with Crippen molar-refractivity contribution in [1.29, 1.82) is 0 Å². The van der Waals surface area contributed by atoms with Crippen LogP contribution in [0.3, 0.4) is 0 Å². The van der Waals surface area contributed by atoms with Crippen LogP contribution in [0.4, 0.5) is 5.69 Å². The van der Waals surface area contributed by atoms with Crippen molar-refractivity contribution < 1.29 is 19.0 Å². The summed E-state index contributed by atoms with van der Waals surface area (Å²) in [7, 11) is 4.96. The lowest BCUT2D eigenvalue weighted by Gasteiger charge is -2.40. The van der Waals surface area contributed by atoms with E-state index in [4.69, 9.17) is 14.2 Å². The van der Waals surface area contributed by atoms with Crippen LogP contribution in [-0.2, 0) is 6.54 Å². The number of hydrogen-bond acceptors (Lipinski definition) is 8. The van der Waals surface area contributed by atoms with Crippen molar-refractivity contribution in [3.8, 4) is 28.4 Å². The molecule has 2 fully saturated rings. The highest BCUT2D eigenvalue weighted by Crippen LogP contribution is 2.45. The van der Waals surface area contributed by atoms with Crippen LogP contribution < -0.4 is 24.4 Å². The summed E-state index contributed by atoms with van der Waals surface area (Å²) >= 11 is 0. The third-order valence-electron chi connectivity index (χ3n) is 10.8. The van der Waals surface area contributed by atoms with Gasteiger partial charge in [0.1, 0.15) is 5.75 Å². The molecular formula is C45H50N4O4. The highest BCUT2D eigenvalue weighted by molar-refractivity contribution is 5.99. The number of hydrogen-bond donors (Lipinski definition) is 1. The second-order valence-electron chi connectivity index (χ2n) is 14.3. The molecule has 274 valence electrons. The fourth-order valence-corrected chi connectivity index (χ4v) is 7.91. The molecule has 0 amide bonds. The molecule has 1 atom stereocenters. The van der Waals surface area contributed by atoms with E-state index in [-0.39, 0.29) is 11.8 Å². The summed E-state index contributed by atoms with van der Waals surface area (Å²) in [6.45, 7) is 9.30. The van der Waals surface area contributed by atoms with Crippen LogP contribution in [0.2, 0.25) is 0 Å². The number of carbonyl (C=O) groups is 1. The van der Waals surface area contributed by atoms with Crippen LogP contribution >= 0.6 is 0 Å². The molecule has 3 aromatic carbocycles. The minimum Gasteiger partial charge on any atom is -0.496 e. The summed E-state index contributed by atoms with van der Waals surface area (Å²) in [6, 6.07) is 21.7. The van der Waals surface area contributed by atoms with E-state index in [0.29, 0.717) is 29.2 Å². The third-order valence-corrected chi connectivity index (χ3v) is 10.8. The highest BCUT2D eigenvalue weighted by Gasteiger charge is 2.31. The first kappa shape index (κ1) is 36.0. The van der Waals surface area contributed by atoms with Crippen molar-refractivity contribution in [3.63, 3.8) is 0 Å². The maximum Gasteiger partial charge on any atom is 0.167 e. The molecule has 0 spiro atoms. The summed E-state index contributed by atoms with van der Waals surface area (Å²) in [5.74, 6) is 2.54. The Morgan fingerprint density at radius 1 is 0.943 bits per heavy atom. The minimum atomic E-state index is 0.0280. The minimum absolute atomic E-state index is 0.0280. The number of carbonyl (C=O) groups excluding carboxylic acids is 1. The van der Waals surface area contributed by atoms with Crippen LogP contribution in [0.15, 0.2) is 104 Å². The first-order valence-electron chi connectivity index (χ1n) is 18.6. The third kappa shape index (κ3) is 8.03. The van der Waals surface area contributed by atoms with E-state index >= 15 is 0 Å². The fourth-order valence-electron chi connectivity index (χ4n) is 7.91. The highest BCUT2D eigenvalue weighted by atomic mass is 16.5. The van der Waals surface area contributed by atoms with Gasteiger partial charge in [0.2, 0.25) is 0 Å². The topological polar surface area (TPSA) is 76.2 Å². The normalized spacial score (nSPS) is 17.4. The zero-order valence-electron chi connectivity index (χ0n) is 31.3. The van der Waals surface area contributed by atoms with Crippen molar-refractivity contribution >= 4 is 17.5 Å². The second-order valence-corrected chi connectivity index (χ2v) is 14.3. The fraction of sp³-hybridized carbons (Fsp3) is 0.333. The number of Topliss-reactive ketones (excluding diaryl/α,β-unsaturated/α-hetero) is 1.